The number of hydrogen-bond donors (Lipinski definition) is 1. The van der Waals surface area contributed by atoms with E-state index < -0.39 is 0 Å². The molecule has 86 valence electrons. The first-order valence-electron chi connectivity index (χ1n) is 6.21. The maximum Gasteiger partial charge on any atom is 0.123 e. The average Bonchev–Trinajstić information content (AvgIpc) is 2.81. The van der Waals surface area contributed by atoms with Gasteiger partial charge in [0.2, 0.25) is 0 Å². The molecule has 3 atom stereocenters. The summed E-state index contributed by atoms with van der Waals surface area (Å²) in [7, 11) is 1.72. The van der Waals surface area contributed by atoms with Crippen molar-refractivity contribution < 1.29 is 4.74 Å². The minimum absolute atomic E-state index is 0.173. The van der Waals surface area contributed by atoms with Crippen LogP contribution in [0.25, 0.3) is 0 Å². The summed E-state index contributed by atoms with van der Waals surface area (Å²) in [5.41, 5.74) is 7.57. The summed E-state index contributed by atoms with van der Waals surface area (Å²) in [6.07, 6.45) is 4.18. The van der Waals surface area contributed by atoms with E-state index in [2.05, 4.69) is 12.1 Å². The molecular formula is C14H19NO. The molecule has 2 fully saturated rings. The minimum atomic E-state index is 0.173. The summed E-state index contributed by atoms with van der Waals surface area (Å²) in [5.74, 6) is 3.46. The average molecular weight is 217 g/mol. The van der Waals surface area contributed by atoms with Crippen molar-refractivity contribution in [3.05, 3.63) is 29.8 Å². The van der Waals surface area contributed by atoms with Gasteiger partial charge in [0.25, 0.3) is 0 Å². The predicted molar refractivity (Wildman–Crippen MR) is 64.2 cm³/mol. The Morgan fingerprint density at radius 1 is 1.25 bits per heavy atom. The van der Waals surface area contributed by atoms with Gasteiger partial charge in [-0.15, -0.1) is 0 Å². The Morgan fingerprint density at radius 3 is 2.62 bits per heavy atom. The van der Waals surface area contributed by atoms with E-state index in [9.17, 15) is 0 Å². The maximum atomic E-state index is 6.39. The lowest BCUT2D eigenvalue weighted by Crippen LogP contribution is -2.16. The summed E-state index contributed by atoms with van der Waals surface area (Å²) in [5, 5.41) is 0. The lowest BCUT2D eigenvalue weighted by Gasteiger charge is -2.17. The third-order valence-electron chi connectivity index (χ3n) is 4.39. The van der Waals surface area contributed by atoms with Gasteiger partial charge in [0, 0.05) is 11.6 Å². The van der Waals surface area contributed by atoms with Crippen LogP contribution in [0.1, 0.15) is 30.9 Å². The Balaban J connectivity index is 1.81. The second kappa shape index (κ2) is 3.77. The van der Waals surface area contributed by atoms with Gasteiger partial charge in [-0.25, -0.2) is 0 Å². The number of benzene rings is 1. The van der Waals surface area contributed by atoms with Gasteiger partial charge in [-0.3, -0.25) is 0 Å². The van der Waals surface area contributed by atoms with Crippen LogP contribution in [0.4, 0.5) is 0 Å². The lowest BCUT2D eigenvalue weighted by atomic mass is 9.97. The Hall–Kier alpha value is -1.02. The highest BCUT2D eigenvalue weighted by Gasteiger charge is 2.55. The zero-order chi connectivity index (χ0) is 11.1. The zero-order valence-corrected chi connectivity index (χ0v) is 9.73. The largest absolute Gasteiger partial charge is 0.496 e. The number of ether oxygens (including phenoxy) is 1. The quantitative estimate of drug-likeness (QED) is 0.845. The molecular weight excluding hydrogens is 198 g/mol. The van der Waals surface area contributed by atoms with E-state index in [1.807, 2.05) is 12.1 Å². The van der Waals surface area contributed by atoms with E-state index in [-0.39, 0.29) is 6.04 Å². The van der Waals surface area contributed by atoms with E-state index in [1.54, 1.807) is 7.11 Å². The summed E-state index contributed by atoms with van der Waals surface area (Å²) < 4.78 is 5.39. The van der Waals surface area contributed by atoms with E-state index in [0.29, 0.717) is 5.92 Å². The third kappa shape index (κ3) is 1.44. The van der Waals surface area contributed by atoms with Crippen molar-refractivity contribution in [3.63, 3.8) is 0 Å². The Morgan fingerprint density at radius 2 is 1.94 bits per heavy atom. The van der Waals surface area contributed by atoms with Crippen LogP contribution in [-0.4, -0.2) is 7.11 Å². The molecule has 16 heavy (non-hydrogen) atoms. The minimum Gasteiger partial charge on any atom is -0.496 e. The Labute approximate surface area is 96.8 Å². The molecule has 0 radical (unpaired) electrons. The lowest BCUT2D eigenvalue weighted by molar-refractivity contribution is 0.397. The highest BCUT2D eigenvalue weighted by atomic mass is 16.5. The summed E-state index contributed by atoms with van der Waals surface area (Å²) in [6, 6.07) is 8.34. The molecule has 0 amide bonds. The monoisotopic (exact) mass is 217 g/mol. The van der Waals surface area contributed by atoms with Crippen molar-refractivity contribution in [2.45, 2.75) is 25.3 Å². The molecule has 0 bridgehead atoms. The first kappa shape index (κ1) is 10.2. The van der Waals surface area contributed by atoms with E-state index in [1.165, 1.54) is 24.8 Å². The van der Waals surface area contributed by atoms with E-state index in [4.69, 9.17) is 10.5 Å². The molecule has 0 heterocycles. The summed E-state index contributed by atoms with van der Waals surface area (Å²) in [6.45, 7) is 0. The van der Waals surface area contributed by atoms with Gasteiger partial charge in [0.1, 0.15) is 5.75 Å². The maximum absolute atomic E-state index is 6.39. The normalized spacial score (nSPS) is 33.2. The van der Waals surface area contributed by atoms with Crippen LogP contribution in [0.2, 0.25) is 0 Å². The molecule has 2 N–H and O–H groups in total. The smallest absolute Gasteiger partial charge is 0.123 e. The van der Waals surface area contributed by atoms with Gasteiger partial charge in [-0.05, 0) is 36.7 Å². The Bertz CT molecular complexity index is 380. The molecule has 0 aromatic heterocycles. The van der Waals surface area contributed by atoms with Crippen LogP contribution in [0.15, 0.2) is 24.3 Å². The fourth-order valence-corrected chi connectivity index (χ4v) is 3.56. The van der Waals surface area contributed by atoms with Gasteiger partial charge >= 0.3 is 0 Å². The van der Waals surface area contributed by atoms with Crippen LogP contribution in [0.5, 0.6) is 5.75 Å². The topological polar surface area (TPSA) is 35.2 Å². The van der Waals surface area contributed by atoms with Crippen LogP contribution in [0, 0.1) is 17.8 Å². The molecule has 0 aliphatic heterocycles. The molecule has 3 unspecified atom stereocenters. The van der Waals surface area contributed by atoms with Crippen molar-refractivity contribution in [1.29, 1.82) is 0 Å². The van der Waals surface area contributed by atoms with Crippen molar-refractivity contribution in [3.8, 4) is 5.75 Å². The summed E-state index contributed by atoms with van der Waals surface area (Å²) in [4.78, 5) is 0. The SMILES string of the molecule is COc1ccccc1C(N)C1C2CCCC21. The number of nitrogens with two attached hydrogens (primary N) is 1. The van der Waals surface area contributed by atoms with Gasteiger partial charge in [0.15, 0.2) is 0 Å². The van der Waals surface area contributed by atoms with Crippen molar-refractivity contribution >= 4 is 0 Å². The zero-order valence-electron chi connectivity index (χ0n) is 9.73. The third-order valence-corrected chi connectivity index (χ3v) is 4.39. The van der Waals surface area contributed by atoms with E-state index >= 15 is 0 Å². The molecule has 2 nitrogen and oxygen atoms in total. The van der Waals surface area contributed by atoms with Crippen LogP contribution < -0.4 is 10.5 Å². The molecule has 0 saturated heterocycles. The standard InChI is InChI=1S/C14H19NO/c1-16-12-8-3-2-5-11(12)14(15)13-9-6-4-7-10(9)13/h2-3,5,8-10,13-14H,4,6-7,15H2,1H3. The fraction of sp³-hybridized carbons (Fsp3) is 0.571. The van der Waals surface area contributed by atoms with Crippen molar-refractivity contribution in [1.82, 2.24) is 0 Å². The first-order valence-corrected chi connectivity index (χ1v) is 6.21. The van der Waals surface area contributed by atoms with Crippen molar-refractivity contribution in [2.75, 3.05) is 7.11 Å². The van der Waals surface area contributed by atoms with Gasteiger partial charge in [0.05, 0.1) is 7.11 Å². The van der Waals surface area contributed by atoms with Gasteiger partial charge in [-0.2, -0.15) is 0 Å². The highest BCUT2D eigenvalue weighted by molar-refractivity contribution is 5.37. The predicted octanol–water partition coefficient (Wildman–Crippen LogP) is 2.74. The fourth-order valence-electron chi connectivity index (χ4n) is 3.56. The number of methoxy groups -OCH3 is 1. The van der Waals surface area contributed by atoms with E-state index in [0.717, 1.165) is 17.6 Å². The number of para-hydroxylation sites is 1. The number of hydrogen-bond acceptors (Lipinski definition) is 2. The highest BCUT2D eigenvalue weighted by Crippen LogP contribution is 2.62. The number of fused-ring (bicyclic) bond motifs is 1. The molecule has 0 spiro atoms. The second-order valence-electron chi connectivity index (χ2n) is 5.10. The van der Waals surface area contributed by atoms with Gasteiger partial charge in [-0.1, -0.05) is 24.6 Å². The molecule has 2 aliphatic rings. The van der Waals surface area contributed by atoms with Crippen LogP contribution in [-0.2, 0) is 0 Å². The molecule has 2 saturated carbocycles. The molecule has 1 aromatic carbocycles. The number of rotatable bonds is 3. The Kier molecular flexibility index (Phi) is 2.40. The summed E-state index contributed by atoms with van der Waals surface area (Å²) >= 11 is 0. The molecule has 1 aromatic rings. The first-order chi connectivity index (χ1) is 7.83. The van der Waals surface area contributed by atoms with Crippen LogP contribution in [0.3, 0.4) is 0 Å². The van der Waals surface area contributed by atoms with Crippen LogP contribution >= 0.6 is 0 Å². The molecule has 2 aliphatic carbocycles. The second-order valence-corrected chi connectivity index (χ2v) is 5.10. The van der Waals surface area contributed by atoms with Crippen molar-refractivity contribution in [2.24, 2.45) is 23.5 Å². The molecule has 2 heteroatoms. The molecule has 3 rings (SSSR count). The van der Waals surface area contributed by atoms with Gasteiger partial charge < -0.3 is 10.5 Å².